The van der Waals surface area contributed by atoms with Gasteiger partial charge in [0.2, 0.25) is 5.91 Å². The molecule has 4 nitrogen and oxygen atoms in total. The van der Waals surface area contributed by atoms with Crippen LogP contribution in [0.2, 0.25) is 0 Å². The average molecular weight is 250 g/mol. The highest BCUT2D eigenvalue weighted by atomic mass is 16.5. The molecule has 1 amide bonds. The molecule has 0 spiro atoms. The number of benzene rings is 1. The second-order valence-electron chi connectivity index (χ2n) is 4.50. The predicted molar refractivity (Wildman–Crippen MR) is 72.3 cm³/mol. The maximum absolute atomic E-state index is 11.6. The molecule has 1 aromatic rings. The summed E-state index contributed by atoms with van der Waals surface area (Å²) in [7, 11) is 1.63. The Balaban J connectivity index is 2.29. The van der Waals surface area contributed by atoms with E-state index in [-0.39, 0.29) is 11.9 Å². The van der Waals surface area contributed by atoms with Crippen molar-refractivity contribution in [2.24, 2.45) is 5.73 Å². The molecule has 0 heterocycles. The quantitative estimate of drug-likeness (QED) is 0.776. The molecule has 3 N–H and O–H groups in total. The Kier molecular flexibility index (Phi) is 6.22. The Morgan fingerprint density at radius 2 is 2.28 bits per heavy atom. The maximum atomic E-state index is 11.6. The van der Waals surface area contributed by atoms with Crippen molar-refractivity contribution in [2.75, 3.05) is 7.11 Å². The van der Waals surface area contributed by atoms with E-state index < -0.39 is 0 Å². The lowest BCUT2D eigenvalue weighted by Gasteiger charge is -2.07. The van der Waals surface area contributed by atoms with Gasteiger partial charge in [-0.05, 0) is 37.5 Å². The molecule has 1 rings (SSSR count). The molecule has 0 aromatic heterocycles. The summed E-state index contributed by atoms with van der Waals surface area (Å²) in [5.41, 5.74) is 6.67. The number of ether oxygens (including phenoxy) is 1. The number of hydrogen-bond donors (Lipinski definition) is 2. The molecule has 18 heavy (non-hydrogen) atoms. The Hall–Kier alpha value is -1.55. The van der Waals surface area contributed by atoms with Crippen LogP contribution < -0.4 is 15.8 Å². The van der Waals surface area contributed by atoms with Gasteiger partial charge in [-0.2, -0.15) is 0 Å². The zero-order valence-electron chi connectivity index (χ0n) is 11.1. The van der Waals surface area contributed by atoms with E-state index in [1.807, 2.05) is 31.2 Å². The lowest BCUT2D eigenvalue weighted by molar-refractivity contribution is -0.121. The summed E-state index contributed by atoms with van der Waals surface area (Å²) in [6.45, 7) is 2.49. The van der Waals surface area contributed by atoms with Crippen LogP contribution in [0.4, 0.5) is 0 Å². The van der Waals surface area contributed by atoms with E-state index in [1.54, 1.807) is 7.11 Å². The highest BCUT2D eigenvalue weighted by molar-refractivity contribution is 5.75. The van der Waals surface area contributed by atoms with Gasteiger partial charge in [-0.1, -0.05) is 12.1 Å². The standard InChI is InChI=1S/C14H22N2O2/c1-11(15)5-3-8-14(17)16-10-12-6-4-7-13(9-12)18-2/h4,6-7,9,11H,3,5,8,10,15H2,1-2H3,(H,16,17). The van der Waals surface area contributed by atoms with E-state index in [1.165, 1.54) is 0 Å². The third-order valence-corrected chi connectivity index (χ3v) is 2.69. The van der Waals surface area contributed by atoms with E-state index in [0.717, 1.165) is 24.2 Å². The van der Waals surface area contributed by atoms with Crippen LogP contribution in [0.5, 0.6) is 5.75 Å². The molecule has 0 fully saturated rings. The number of rotatable bonds is 7. The van der Waals surface area contributed by atoms with Crippen molar-refractivity contribution in [1.29, 1.82) is 0 Å². The molecule has 0 bridgehead atoms. The molecule has 4 heteroatoms. The molecular weight excluding hydrogens is 228 g/mol. The molecular formula is C14H22N2O2. The van der Waals surface area contributed by atoms with Gasteiger partial charge in [0.05, 0.1) is 7.11 Å². The van der Waals surface area contributed by atoms with Gasteiger partial charge in [0.1, 0.15) is 5.75 Å². The fourth-order valence-electron chi connectivity index (χ4n) is 1.66. The van der Waals surface area contributed by atoms with Crippen molar-refractivity contribution in [1.82, 2.24) is 5.32 Å². The molecule has 1 atom stereocenters. The number of methoxy groups -OCH3 is 1. The van der Waals surface area contributed by atoms with Gasteiger partial charge in [-0.3, -0.25) is 4.79 Å². The molecule has 0 saturated carbocycles. The van der Waals surface area contributed by atoms with Crippen LogP contribution >= 0.6 is 0 Å². The van der Waals surface area contributed by atoms with Crippen molar-refractivity contribution >= 4 is 5.91 Å². The first-order valence-corrected chi connectivity index (χ1v) is 6.27. The number of carbonyl (C=O) groups is 1. The van der Waals surface area contributed by atoms with Gasteiger partial charge in [0.25, 0.3) is 0 Å². The summed E-state index contributed by atoms with van der Waals surface area (Å²) in [5, 5.41) is 2.89. The van der Waals surface area contributed by atoms with Gasteiger partial charge in [0.15, 0.2) is 0 Å². The Labute approximate surface area is 109 Å². The largest absolute Gasteiger partial charge is 0.497 e. The first kappa shape index (κ1) is 14.5. The molecule has 1 aromatic carbocycles. The molecule has 0 aliphatic heterocycles. The monoisotopic (exact) mass is 250 g/mol. The minimum atomic E-state index is 0.0680. The van der Waals surface area contributed by atoms with Crippen molar-refractivity contribution < 1.29 is 9.53 Å². The summed E-state index contributed by atoms with van der Waals surface area (Å²) < 4.78 is 5.13. The van der Waals surface area contributed by atoms with E-state index in [0.29, 0.717) is 13.0 Å². The smallest absolute Gasteiger partial charge is 0.220 e. The zero-order chi connectivity index (χ0) is 13.4. The van der Waals surface area contributed by atoms with Crippen LogP contribution in [0.15, 0.2) is 24.3 Å². The minimum Gasteiger partial charge on any atom is -0.497 e. The van der Waals surface area contributed by atoms with Gasteiger partial charge >= 0.3 is 0 Å². The van der Waals surface area contributed by atoms with Crippen molar-refractivity contribution in [2.45, 2.75) is 38.8 Å². The summed E-state index contributed by atoms with van der Waals surface area (Å²) in [4.78, 5) is 11.6. The maximum Gasteiger partial charge on any atom is 0.220 e. The normalized spacial score (nSPS) is 11.9. The fourth-order valence-corrected chi connectivity index (χ4v) is 1.66. The highest BCUT2D eigenvalue weighted by Gasteiger charge is 2.03. The number of nitrogens with two attached hydrogens (primary N) is 1. The molecule has 1 unspecified atom stereocenters. The van der Waals surface area contributed by atoms with Crippen LogP contribution in [0.25, 0.3) is 0 Å². The van der Waals surface area contributed by atoms with Gasteiger partial charge < -0.3 is 15.8 Å². The summed E-state index contributed by atoms with van der Waals surface area (Å²) in [6.07, 6.45) is 2.25. The zero-order valence-corrected chi connectivity index (χ0v) is 11.1. The van der Waals surface area contributed by atoms with Gasteiger partial charge in [-0.15, -0.1) is 0 Å². The number of amides is 1. The topological polar surface area (TPSA) is 64.3 Å². The van der Waals surface area contributed by atoms with E-state index in [4.69, 9.17) is 10.5 Å². The van der Waals surface area contributed by atoms with Gasteiger partial charge in [0, 0.05) is 19.0 Å². The number of hydrogen-bond acceptors (Lipinski definition) is 3. The SMILES string of the molecule is COc1cccc(CNC(=O)CCCC(C)N)c1. The molecule has 0 radical (unpaired) electrons. The van der Waals surface area contributed by atoms with Crippen molar-refractivity contribution in [3.8, 4) is 5.75 Å². The van der Waals surface area contributed by atoms with Crippen molar-refractivity contribution in [3.05, 3.63) is 29.8 Å². The van der Waals surface area contributed by atoms with Crippen LogP contribution in [-0.4, -0.2) is 19.1 Å². The Morgan fingerprint density at radius 3 is 2.94 bits per heavy atom. The van der Waals surface area contributed by atoms with Gasteiger partial charge in [-0.25, -0.2) is 0 Å². The number of nitrogens with one attached hydrogen (secondary N) is 1. The van der Waals surface area contributed by atoms with E-state index >= 15 is 0 Å². The first-order chi connectivity index (χ1) is 8.61. The Bertz CT molecular complexity index is 378. The van der Waals surface area contributed by atoms with Crippen molar-refractivity contribution in [3.63, 3.8) is 0 Å². The minimum absolute atomic E-state index is 0.0680. The summed E-state index contributed by atoms with van der Waals surface area (Å²) in [5.74, 6) is 0.872. The summed E-state index contributed by atoms with van der Waals surface area (Å²) in [6, 6.07) is 7.84. The number of carbonyl (C=O) groups excluding carboxylic acids is 1. The Morgan fingerprint density at radius 1 is 1.50 bits per heavy atom. The average Bonchev–Trinajstić information content (AvgIpc) is 2.36. The first-order valence-electron chi connectivity index (χ1n) is 6.27. The third kappa shape index (κ3) is 5.68. The van der Waals surface area contributed by atoms with E-state index in [9.17, 15) is 4.79 Å². The molecule has 100 valence electrons. The fraction of sp³-hybridized carbons (Fsp3) is 0.500. The van der Waals surface area contributed by atoms with E-state index in [2.05, 4.69) is 5.32 Å². The lowest BCUT2D eigenvalue weighted by Crippen LogP contribution is -2.23. The highest BCUT2D eigenvalue weighted by Crippen LogP contribution is 2.12. The predicted octanol–water partition coefficient (Wildman–Crippen LogP) is 1.83. The summed E-state index contributed by atoms with van der Waals surface area (Å²) >= 11 is 0. The van der Waals surface area contributed by atoms with Crippen LogP contribution in [0.3, 0.4) is 0 Å². The second kappa shape index (κ2) is 7.71. The third-order valence-electron chi connectivity index (χ3n) is 2.69. The molecule has 0 saturated heterocycles. The molecule has 0 aliphatic rings. The lowest BCUT2D eigenvalue weighted by atomic mass is 10.1. The second-order valence-corrected chi connectivity index (χ2v) is 4.50. The van der Waals surface area contributed by atoms with Crippen LogP contribution in [0, 0.1) is 0 Å². The molecule has 0 aliphatic carbocycles. The van der Waals surface area contributed by atoms with Crippen LogP contribution in [0.1, 0.15) is 31.7 Å². The van der Waals surface area contributed by atoms with Crippen LogP contribution in [-0.2, 0) is 11.3 Å².